The number of aromatic nitrogens is 3. The molecule has 4 aliphatic rings. The van der Waals surface area contributed by atoms with Gasteiger partial charge in [-0.05, 0) is 82.3 Å². The van der Waals surface area contributed by atoms with Crippen molar-refractivity contribution in [3.63, 3.8) is 0 Å². The predicted molar refractivity (Wildman–Crippen MR) is 153 cm³/mol. The molecule has 9 heteroatoms. The van der Waals surface area contributed by atoms with Gasteiger partial charge in [0.25, 0.3) is 0 Å². The number of fused-ring (bicyclic) bond motifs is 2. The van der Waals surface area contributed by atoms with Crippen molar-refractivity contribution in [2.75, 3.05) is 24.7 Å². The molecule has 4 fully saturated rings. The van der Waals surface area contributed by atoms with Gasteiger partial charge in [0.2, 0.25) is 11.8 Å². The van der Waals surface area contributed by atoms with Gasteiger partial charge in [-0.2, -0.15) is 4.98 Å². The number of benzene rings is 1. The molecule has 0 N–H and O–H groups in total. The molecule has 0 spiro atoms. The lowest BCUT2D eigenvalue weighted by molar-refractivity contribution is -0.126. The van der Waals surface area contributed by atoms with Crippen molar-refractivity contribution in [2.24, 2.45) is 17.8 Å². The average molecular weight is 561 g/mol. The van der Waals surface area contributed by atoms with Crippen molar-refractivity contribution in [1.29, 1.82) is 0 Å². The van der Waals surface area contributed by atoms with Crippen LogP contribution in [-0.2, 0) is 21.5 Å². The Morgan fingerprint density at radius 1 is 1.15 bits per heavy atom. The Balaban J connectivity index is 1.15. The molecule has 4 unspecified atom stereocenters. The Morgan fingerprint density at radius 3 is 2.83 bits per heavy atom. The van der Waals surface area contributed by atoms with E-state index in [0.29, 0.717) is 43.2 Å². The van der Waals surface area contributed by atoms with Gasteiger partial charge in [-0.3, -0.25) is 9.36 Å². The third-order valence-corrected chi connectivity index (χ3v) is 10.1. The van der Waals surface area contributed by atoms with Crippen molar-refractivity contribution < 1.29 is 18.5 Å². The fraction of sp³-hybridized carbons (Fsp3) is 0.625. The van der Waals surface area contributed by atoms with E-state index in [1.165, 1.54) is 19.3 Å². The molecule has 9 nitrogen and oxygen atoms in total. The highest BCUT2D eigenvalue weighted by molar-refractivity contribution is 5.95. The van der Waals surface area contributed by atoms with Crippen LogP contribution < -0.4 is 10.7 Å². The molecule has 218 valence electrons. The molecule has 3 heterocycles. The summed E-state index contributed by atoms with van der Waals surface area (Å²) in [5.74, 6) is 3.29. The van der Waals surface area contributed by atoms with Gasteiger partial charge >= 0.3 is 5.76 Å². The van der Waals surface area contributed by atoms with Crippen LogP contribution in [0.2, 0.25) is 0 Å². The Labute approximate surface area is 240 Å². The zero-order valence-corrected chi connectivity index (χ0v) is 23.9. The number of aryl methyl sites for hydroxylation is 1. The van der Waals surface area contributed by atoms with Crippen LogP contribution in [0.25, 0.3) is 11.3 Å². The summed E-state index contributed by atoms with van der Waals surface area (Å²) in [6, 6.07) is 7.88. The first-order valence-electron chi connectivity index (χ1n) is 15.6. The summed E-state index contributed by atoms with van der Waals surface area (Å²) in [4.78, 5) is 33.2. The van der Waals surface area contributed by atoms with E-state index in [1.54, 1.807) is 10.8 Å². The first-order chi connectivity index (χ1) is 20.0. The average Bonchev–Trinajstić information content (AvgIpc) is 3.60. The summed E-state index contributed by atoms with van der Waals surface area (Å²) in [7, 11) is 0. The molecule has 3 aromatic rings. The number of anilines is 1. The normalized spacial score (nSPS) is 28.0. The molecule has 41 heavy (non-hydrogen) atoms. The summed E-state index contributed by atoms with van der Waals surface area (Å²) in [5, 5.41) is 4.34. The second kappa shape index (κ2) is 10.9. The van der Waals surface area contributed by atoms with Crippen molar-refractivity contribution in [1.82, 2.24) is 14.7 Å². The Hall–Kier alpha value is -3.20. The van der Waals surface area contributed by atoms with Gasteiger partial charge in [-0.15, -0.1) is 0 Å². The lowest BCUT2D eigenvalue weighted by Crippen LogP contribution is -2.47. The van der Waals surface area contributed by atoms with Gasteiger partial charge in [0.05, 0.1) is 18.7 Å². The maximum absolute atomic E-state index is 14.1. The van der Waals surface area contributed by atoms with E-state index in [0.717, 1.165) is 74.5 Å². The first kappa shape index (κ1) is 26.7. The van der Waals surface area contributed by atoms with E-state index in [2.05, 4.69) is 5.16 Å². The highest BCUT2D eigenvalue weighted by atomic mass is 16.5. The molecule has 3 saturated carbocycles. The van der Waals surface area contributed by atoms with Crippen molar-refractivity contribution in [3.8, 4) is 11.3 Å². The quantitative estimate of drug-likeness (QED) is 0.349. The molecule has 0 radical (unpaired) electrons. The number of hydrogen-bond donors (Lipinski definition) is 0. The van der Waals surface area contributed by atoms with E-state index in [1.807, 2.05) is 36.1 Å². The van der Waals surface area contributed by atoms with Crippen LogP contribution in [0.3, 0.4) is 0 Å². The van der Waals surface area contributed by atoms with E-state index < -0.39 is 0 Å². The monoisotopic (exact) mass is 560 g/mol. The fourth-order valence-corrected chi connectivity index (χ4v) is 7.50. The maximum atomic E-state index is 14.1. The zero-order chi connectivity index (χ0) is 28.0. The minimum Gasteiger partial charge on any atom is -0.408 e. The number of carbonyl (C=O) groups is 1. The number of amides is 1. The molecule has 1 saturated heterocycles. The summed E-state index contributed by atoms with van der Waals surface area (Å²) in [6.07, 6.45) is 12.4. The summed E-state index contributed by atoms with van der Waals surface area (Å²) < 4.78 is 18.7. The van der Waals surface area contributed by atoms with Gasteiger partial charge in [0, 0.05) is 42.3 Å². The van der Waals surface area contributed by atoms with Crippen LogP contribution in [0.4, 0.5) is 5.69 Å². The maximum Gasteiger partial charge on any atom is 0.419 e. The fourth-order valence-electron chi connectivity index (χ4n) is 7.50. The largest absolute Gasteiger partial charge is 0.419 e. The van der Waals surface area contributed by atoms with Crippen LogP contribution in [0.1, 0.15) is 88.8 Å². The summed E-state index contributed by atoms with van der Waals surface area (Å²) >= 11 is 0. The number of hydrogen-bond acceptors (Lipinski definition) is 7. The summed E-state index contributed by atoms with van der Waals surface area (Å²) in [6.45, 7) is 4.33. The van der Waals surface area contributed by atoms with Crippen molar-refractivity contribution in [2.45, 2.75) is 89.0 Å². The van der Waals surface area contributed by atoms with Crippen LogP contribution >= 0.6 is 0 Å². The van der Waals surface area contributed by atoms with E-state index in [9.17, 15) is 9.59 Å². The topological polar surface area (TPSA) is 104 Å². The Morgan fingerprint density at radius 2 is 2.05 bits per heavy atom. The van der Waals surface area contributed by atoms with Crippen LogP contribution in [0.5, 0.6) is 0 Å². The first-order valence-corrected chi connectivity index (χ1v) is 15.6. The van der Waals surface area contributed by atoms with Crippen LogP contribution in [0, 0.1) is 17.8 Å². The third kappa shape index (κ3) is 5.17. The molecule has 1 aromatic carbocycles. The number of rotatable bonds is 8. The lowest BCUT2D eigenvalue weighted by Gasteiger charge is -2.48. The standard InChI is InChI=1S/C32H40N4O5/c1-2-35-19-27(40-31(35)38)22-6-3-9-26(16-22)36(29(37)25-8-5-15-39-20-25)18-24-12-14-32(13-4-7-23(24)17-32)30-33-28(34-41-30)21-10-11-21/h3,6,9,16,19,21,23-25H,2,4-5,7-8,10-15,17-18,20H2,1H3. The molecule has 4 atom stereocenters. The third-order valence-electron chi connectivity index (χ3n) is 10.1. The van der Waals surface area contributed by atoms with Crippen molar-refractivity contribution in [3.05, 3.63) is 52.7 Å². The van der Waals surface area contributed by atoms with E-state index >= 15 is 0 Å². The highest BCUT2D eigenvalue weighted by Gasteiger charge is 2.49. The predicted octanol–water partition coefficient (Wildman–Crippen LogP) is 5.69. The van der Waals surface area contributed by atoms with Crippen LogP contribution in [0.15, 0.2) is 44.2 Å². The number of nitrogens with zero attached hydrogens (tertiary/aromatic N) is 4. The molecule has 2 aromatic heterocycles. The minimum absolute atomic E-state index is 0.0184. The van der Waals surface area contributed by atoms with Crippen molar-refractivity contribution >= 4 is 11.6 Å². The molecular weight excluding hydrogens is 520 g/mol. The number of carbonyl (C=O) groups excluding carboxylic acids is 1. The van der Waals surface area contributed by atoms with Gasteiger partial charge in [0.15, 0.2) is 11.6 Å². The zero-order valence-electron chi connectivity index (χ0n) is 23.9. The van der Waals surface area contributed by atoms with Crippen LogP contribution in [-0.4, -0.2) is 40.4 Å². The molecule has 3 aliphatic carbocycles. The molecular formula is C32H40N4O5. The second-order valence-corrected chi connectivity index (χ2v) is 12.7. The molecule has 7 rings (SSSR count). The highest BCUT2D eigenvalue weighted by Crippen LogP contribution is 2.53. The Kier molecular flexibility index (Phi) is 7.09. The smallest absolute Gasteiger partial charge is 0.408 e. The Bertz CT molecular complexity index is 1450. The molecule has 1 amide bonds. The lowest BCUT2D eigenvalue weighted by atomic mass is 9.58. The molecule has 2 bridgehead atoms. The van der Waals surface area contributed by atoms with E-state index in [-0.39, 0.29) is 23.0 Å². The van der Waals surface area contributed by atoms with E-state index in [4.69, 9.17) is 18.7 Å². The van der Waals surface area contributed by atoms with Gasteiger partial charge in [-0.25, -0.2) is 4.79 Å². The van der Waals surface area contributed by atoms with Gasteiger partial charge < -0.3 is 18.6 Å². The number of ether oxygens (including phenoxy) is 1. The van der Waals surface area contributed by atoms with Gasteiger partial charge in [0.1, 0.15) is 0 Å². The second-order valence-electron chi connectivity index (χ2n) is 12.7. The minimum atomic E-state index is -0.367. The summed E-state index contributed by atoms with van der Waals surface area (Å²) in [5.41, 5.74) is 1.63. The number of oxazole rings is 1. The van der Waals surface area contributed by atoms with Gasteiger partial charge in [-0.1, -0.05) is 30.1 Å². The molecule has 1 aliphatic heterocycles. The SMILES string of the molecule is CCn1cc(-c2cccc(N(CC3CCC4(c5nc(C6CC6)no5)CCCC3C4)C(=O)C3CCCOC3)c2)oc1=O.